The SMILES string of the molecule is Cc1cc(Cl)ccc1Oc1cc(F)cc(CN)c1. The minimum atomic E-state index is -0.362. The summed E-state index contributed by atoms with van der Waals surface area (Å²) in [6, 6.07) is 9.71. The van der Waals surface area contributed by atoms with E-state index in [2.05, 4.69) is 0 Å². The van der Waals surface area contributed by atoms with Crippen LogP contribution in [-0.2, 0) is 6.54 Å². The molecule has 94 valence electrons. The molecular formula is C14H13ClFNO. The lowest BCUT2D eigenvalue weighted by atomic mass is 10.2. The van der Waals surface area contributed by atoms with Crippen LogP contribution in [0.4, 0.5) is 4.39 Å². The smallest absolute Gasteiger partial charge is 0.130 e. The number of aryl methyl sites for hydroxylation is 1. The molecule has 0 aromatic heterocycles. The highest BCUT2D eigenvalue weighted by Gasteiger charge is 2.05. The Morgan fingerprint density at radius 3 is 2.67 bits per heavy atom. The third kappa shape index (κ3) is 3.00. The summed E-state index contributed by atoms with van der Waals surface area (Å²) >= 11 is 5.86. The van der Waals surface area contributed by atoms with Gasteiger partial charge in [0.25, 0.3) is 0 Å². The average Bonchev–Trinajstić information content (AvgIpc) is 2.32. The van der Waals surface area contributed by atoms with Crippen molar-refractivity contribution >= 4 is 11.6 Å². The molecule has 2 N–H and O–H groups in total. The molecule has 0 amide bonds. The Morgan fingerprint density at radius 1 is 1.22 bits per heavy atom. The predicted molar refractivity (Wildman–Crippen MR) is 70.6 cm³/mol. The van der Waals surface area contributed by atoms with Crippen molar-refractivity contribution in [1.82, 2.24) is 0 Å². The van der Waals surface area contributed by atoms with E-state index in [-0.39, 0.29) is 12.4 Å². The van der Waals surface area contributed by atoms with Gasteiger partial charge in [-0.2, -0.15) is 0 Å². The van der Waals surface area contributed by atoms with Crippen LogP contribution in [0.2, 0.25) is 5.02 Å². The molecule has 0 saturated carbocycles. The van der Waals surface area contributed by atoms with Crippen LogP contribution < -0.4 is 10.5 Å². The summed E-state index contributed by atoms with van der Waals surface area (Å²) in [5.41, 5.74) is 7.07. The van der Waals surface area contributed by atoms with E-state index in [1.54, 1.807) is 24.3 Å². The van der Waals surface area contributed by atoms with Crippen molar-refractivity contribution in [3.63, 3.8) is 0 Å². The molecule has 0 saturated heterocycles. The highest BCUT2D eigenvalue weighted by atomic mass is 35.5. The normalized spacial score (nSPS) is 10.4. The van der Waals surface area contributed by atoms with E-state index in [0.717, 1.165) is 5.56 Å². The summed E-state index contributed by atoms with van der Waals surface area (Å²) in [4.78, 5) is 0. The third-order valence-corrected chi connectivity index (χ3v) is 2.77. The summed E-state index contributed by atoms with van der Waals surface area (Å²) in [5, 5.41) is 0.640. The number of hydrogen-bond acceptors (Lipinski definition) is 2. The van der Waals surface area contributed by atoms with Crippen LogP contribution in [0.25, 0.3) is 0 Å². The van der Waals surface area contributed by atoms with Gasteiger partial charge in [0, 0.05) is 17.6 Å². The number of hydrogen-bond donors (Lipinski definition) is 1. The summed E-state index contributed by atoms with van der Waals surface area (Å²) in [7, 11) is 0. The molecule has 2 aromatic rings. The minimum Gasteiger partial charge on any atom is -0.457 e. The fraction of sp³-hybridized carbons (Fsp3) is 0.143. The Hall–Kier alpha value is -1.58. The fourth-order valence-electron chi connectivity index (χ4n) is 1.65. The molecule has 0 aliphatic rings. The maximum atomic E-state index is 13.3. The molecule has 18 heavy (non-hydrogen) atoms. The van der Waals surface area contributed by atoms with Crippen molar-refractivity contribution < 1.29 is 9.13 Å². The van der Waals surface area contributed by atoms with Crippen LogP contribution in [0.5, 0.6) is 11.5 Å². The van der Waals surface area contributed by atoms with Crippen LogP contribution in [0.3, 0.4) is 0 Å². The van der Waals surface area contributed by atoms with Crippen molar-refractivity contribution in [3.05, 3.63) is 58.4 Å². The first kappa shape index (κ1) is 12.9. The Labute approximate surface area is 110 Å². The first-order valence-electron chi connectivity index (χ1n) is 5.52. The Bertz CT molecular complexity index is 572. The van der Waals surface area contributed by atoms with Gasteiger partial charge in [0.1, 0.15) is 17.3 Å². The van der Waals surface area contributed by atoms with Crippen LogP contribution in [0, 0.1) is 12.7 Å². The molecule has 0 heterocycles. The van der Waals surface area contributed by atoms with E-state index < -0.39 is 0 Å². The van der Waals surface area contributed by atoms with Gasteiger partial charge in [-0.05, 0) is 48.4 Å². The largest absolute Gasteiger partial charge is 0.457 e. The first-order valence-corrected chi connectivity index (χ1v) is 5.90. The molecular weight excluding hydrogens is 253 g/mol. The van der Waals surface area contributed by atoms with E-state index in [9.17, 15) is 4.39 Å². The highest BCUT2D eigenvalue weighted by molar-refractivity contribution is 6.30. The molecule has 4 heteroatoms. The molecule has 0 aliphatic heterocycles. The van der Waals surface area contributed by atoms with Crippen molar-refractivity contribution in [2.75, 3.05) is 0 Å². The van der Waals surface area contributed by atoms with E-state index in [0.29, 0.717) is 22.1 Å². The zero-order valence-corrected chi connectivity index (χ0v) is 10.7. The van der Waals surface area contributed by atoms with E-state index in [1.807, 2.05) is 6.92 Å². The lowest BCUT2D eigenvalue weighted by Gasteiger charge is -2.10. The average molecular weight is 266 g/mol. The van der Waals surface area contributed by atoms with Crippen molar-refractivity contribution in [2.24, 2.45) is 5.73 Å². The van der Waals surface area contributed by atoms with Crippen LogP contribution >= 0.6 is 11.6 Å². The zero-order valence-electron chi connectivity index (χ0n) is 9.91. The number of halogens is 2. The fourth-order valence-corrected chi connectivity index (χ4v) is 1.88. The van der Waals surface area contributed by atoms with Gasteiger partial charge in [0.05, 0.1) is 0 Å². The second-order valence-electron chi connectivity index (χ2n) is 4.01. The first-order chi connectivity index (χ1) is 8.58. The Balaban J connectivity index is 2.30. The number of rotatable bonds is 3. The van der Waals surface area contributed by atoms with Gasteiger partial charge in [-0.25, -0.2) is 4.39 Å². The molecule has 2 nitrogen and oxygen atoms in total. The minimum absolute atomic E-state index is 0.272. The van der Waals surface area contributed by atoms with Crippen molar-refractivity contribution in [3.8, 4) is 11.5 Å². The van der Waals surface area contributed by atoms with Crippen LogP contribution in [-0.4, -0.2) is 0 Å². The van der Waals surface area contributed by atoms with Crippen molar-refractivity contribution in [1.29, 1.82) is 0 Å². The van der Waals surface area contributed by atoms with E-state index in [4.69, 9.17) is 22.1 Å². The maximum Gasteiger partial charge on any atom is 0.130 e. The summed E-state index contributed by atoms with van der Waals surface area (Å²) in [6.07, 6.45) is 0. The van der Waals surface area contributed by atoms with Gasteiger partial charge in [-0.3, -0.25) is 0 Å². The molecule has 0 unspecified atom stereocenters. The van der Waals surface area contributed by atoms with Gasteiger partial charge in [-0.15, -0.1) is 0 Å². The van der Waals surface area contributed by atoms with Crippen LogP contribution in [0.1, 0.15) is 11.1 Å². The quantitative estimate of drug-likeness (QED) is 0.909. The van der Waals surface area contributed by atoms with Crippen molar-refractivity contribution in [2.45, 2.75) is 13.5 Å². The molecule has 0 atom stereocenters. The summed E-state index contributed by atoms with van der Waals surface area (Å²) in [6.45, 7) is 2.15. The number of nitrogens with two attached hydrogens (primary N) is 1. The molecule has 0 aliphatic carbocycles. The van der Waals surface area contributed by atoms with Gasteiger partial charge >= 0.3 is 0 Å². The zero-order chi connectivity index (χ0) is 13.1. The van der Waals surface area contributed by atoms with E-state index >= 15 is 0 Å². The maximum absolute atomic E-state index is 13.3. The second kappa shape index (κ2) is 5.38. The molecule has 2 aromatic carbocycles. The summed E-state index contributed by atoms with van der Waals surface area (Å²) in [5.74, 6) is 0.716. The molecule has 0 radical (unpaired) electrons. The van der Waals surface area contributed by atoms with E-state index in [1.165, 1.54) is 12.1 Å². The predicted octanol–water partition coefficient (Wildman–Crippen LogP) is 4.04. The molecule has 0 spiro atoms. The van der Waals surface area contributed by atoms with Crippen LogP contribution in [0.15, 0.2) is 36.4 Å². The summed E-state index contributed by atoms with van der Waals surface area (Å²) < 4.78 is 19.0. The van der Waals surface area contributed by atoms with Gasteiger partial charge in [0.2, 0.25) is 0 Å². The molecule has 2 rings (SSSR count). The Morgan fingerprint density at radius 2 is 2.00 bits per heavy atom. The number of ether oxygens (including phenoxy) is 1. The lowest BCUT2D eigenvalue weighted by Crippen LogP contribution is -1.98. The highest BCUT2D eigenvalue weighted by Crippen LogP contribution is 2.28. The number of benzene rings is 2. The second-order valence-corrected chi connectivity index (χ2v) is 4.45. The van der Waals surface area contributed by atoms with Gasteiger partial charge in [-0.1, -0.05) is 11.6 Å². The standard InChI is InChI=1S/C14H13ClFNO/c1-9-4-11(15)2-3-14(9)18-13-6-10(8-17)5-12(16)7-13/h2-7H,8,17H2,1H3. The lowest BCUT2D eigenvalue weighted by molar-refractivity contribution is 0.472. The monoisotopic (exact) mass is 265 g/mol. The van der Waals surface area contributed by atoms with Gasteiger partial charge in [0.15, 0.2) is 0 Å². The molecule has 0 fully saturated rings. The molecule has 0 bridgehead atoms. The van der Waals surface area contributed by atoms with Gasteiger partial charge < -0.3 is 10.5 Å². The Kier molecular flexibility index (Phi) is 3.84. The topological polar surface area (TPSA) is 35.2 Å². The third-order valence-electron chi connectivity index (χ3n) is 2.53.